The van der Waals surface area contributed by atoms with Crippen molar-refractivity contribution in [2.45, 2.75) is 64.6 Å². The zero-order valence-corrected chi connectivity index (χ0v) is 25.9. The van der Waals surface area contributed by atoms with E-state index in [1.54, 1.807) is 6.26 Å². The van der Waals surface area contributed by atoms with Crippen molar-refractivity contribution in [3.8, 4) is 0 Å². The molecule has 0 saturated carbocycles. The van der Waals surface area contributed by atoms with Crippen molar-refractivity contribution < 1.29 is 9.21 Å². The summed E-state index contributed by atoms with van der Waals surface area (Å²) < 4.78 is 7.56. The van der Waals surface area contributed by atoms with Gasteiger partial charge in [0.15, 0.2) is 0 Å². The number of aryl methyl sites for hydroxylation is 3. The smallest absolute Gasteiger partial charge is 0.244 e. The number of hydrogen-bond acceptors (Lipinski definition) is 5. The van der Waals surface area contributed by atoms with E-state index in [2.05, 4.69) is 85.6 Å². The molecule has 5 rings (SSSR count). The van der Waals surface area contributed by atoms with Crippen LogP contribution >= 0.6 is 31.9 Å². The van der Waals surface area contributed by atoms with E-state index in [0.29, 0.717) is 13.1 Å². The summed E-state index contributed by atoms with van der Waals surface area (Å²) in [6.45, 7) is 11.2. The van der Waals surface area contributed by atoms with Crippen LogP contribution in [0.2, 0.25) is 0 Å². The number of aromatic nitrogens is 1. The molecule has 1 aliphatic heterocycles. The molecular weight excluding hydrogens is 620 g/mol. The second-order valence-corrected chi connectivity index (χ2v) is 12.4. The van der Waals surface area contributed by atoms with Gasteiger partial charge in [-0.2, -0.15) is 0 Å². The van der Waals surface area contributed by atoms with Gasteiger partial charge in [-0.05, 0) is 95.1 Å². The summed E-state index contributed by atoms with van der Waals surface area (Å²) in [6.07, 6.45) is 8.48. The first-order valence-electron chi connectivity index (χ1n) is 13.8. The number of amides is 1. The second kappa shape index (κ2) is 12.4. The van der Waals surface area contributed by atoms with Gasteiger partial charge in [0, 0.05) is 40.5 Å². The van der Waals surface area contributed by atoms with Gasteiger partial charge in [-0.25, -0.2) is 0 Å². The van der Waals surface area contributed by atoms with Gasteiger partial charge < -0.3 is 14.6 Å². The largest absolute Gasteiger partial charge is 0.467 e. The number of hydrogen-bond donors (Lipinski definition) is 1. The van der Waals surface area contributed by atoms with Crippen LogP contribution in [-0.4, -0.2) is 46.4 Å². The van der Waals surface area contributed by atoms with E-state index in [1.807, 2.05) is 18.3 Å². The van der Waals surface area contributed by atoms with Crippen molar-refractivity contribution in [1.29, 1.82) is 0 Å². The van der Waals surface area contributed by atoms with Gasteiger partial charge >= 0.3 is 0 Å². The van der Waals surface area contributed by atoms with E-state index in [4.69, 9.17) is 9.40 Å². The summed E-state index contributed by atoms with van der Waals surface area (Å²) >= 11 is 7.55. The highest BCUT2D eigenvalue weighted by molar-refractivity contribution is 9.10. The molecule has 1 N–H and O–H groups in total. The molecule has 1 fully saturated rings. The maximum Gasteiger partial charge on any atom is 0.244 e. The lowest BCUT2D eigenvalue weighted by atomic mass is 9.93. The summed E-state index contributed by atoms with van der Waals surface area (Å²) in [5.41, 5.74) is 7.22. The molecule has 2 unspecified atom stereocenters. The molecule has 0 bridgehead atoms. The number of nitrogens with one attached hydrogen (secondary N) is 1. The first-order chi connectivity index (χ1) is 18.9. The molecule has 8 heteroatoms. The number of carbonyl (C=O) groups excluding carboxylic acids is 1. The predicted molar refractivity (Wildman–Crippen MR) is 161 cm³/mol. The van der Waals surface area contributed by atoms with Crippen LogP contribution in [0.4, 0.5) is 0 Å². The molecule has 1 aliphatic carbocycles. The van der Waals surface area contributed by atoms with Crippen molar-refractivity contribution in [2.24, 2.45) is 0 Å². The monoisotopic (exact) mass is 654 g/mol. The van der Waals surface area contributed by atoms with E-state index in [-0.39, 0.29) is 18.0 Å². The molecule has 0 spiro atoms. The van der Waals surface area contributed by atoms with Crippen molar-refractivity contribution in [1.82, 2.24) is 20.1 Å². The number of piperazine rings is 1. The first kappa shape index (κ1) is 28.1. The Morgan fingerprint density at radius 2 is 2.03 bits per heavy atom. The predicted octanol–water partition coefficient (Wildman–Crippen LogP) is 6.70. The Kier molecular flexibility index (Phi) is 8.94. The van der Waals surface area contributed by atoms with Crippen LogP contribution in [0.1, 0.15) is 65.9 Å². The molecule has 1 saturated heterocycles. The maximum atomic E-state index is 13.7. The Hall–Kier alpha value is -2.42. The number of benzene rings is 1. The minimum Gasteiger partial charge on any atom is -0.467 e. The van der Waals surface area contributed by atoms with Gasteiger partial charge in [0.1, 0.15) is 11.8 Å². The zero-order valence-electron chi connectivity index (χ0n) is 22.7. The number of rotatable bonds is 8. The third-order valence-corrected chi connectivity index (χ3v) is 8.94. The lowest BCUT2D eigenvalue weighted by Crippen LogP contribution is -2.59. The second-order valence-electron chi connectivity index (χ2n) is 10.6. The van der Waals surface area contributed by atoms with Gasteiger partial charge in [0.2, 0.25) is 5.91 Å². The standard InChI is InChI=1S/C31H36Br2N4O2/c1-4-5-7-21(3)37-12-11-36(19-27(37)31(38)35-18-25-8-6-13-39-25)30-28-22(14-20(2)15-26(28)33)9-10-23-16-24(32)17-34-29(23)30/h6,8,13-17,27,30H,3-5,7,9-12,18-19H2,1-2H3,(H,35,38). The fraction of sp³-hybridized carbons (Fsp3) is 0.419. The summed E-state index contributed by atoms with van der Waals surface area (Å²) in [5, 5.41) is 3.12. The summed E-state index contributed by atoms with van der Waals surface area (Å²) in [6, 6.07) is 10.0. The number of halogens is 2. The third kappa shape index (κ3) is 6.18. The van der Waals surface area contributed by atoms with Gasteiger partial charge in [-0.3, -0.25) is 14.7 Å². The van der Waals surface area contributed by atoms with Crippen molar-refractivity contribution in [3.63, 3.8) is 0 Å². The number of unbranched alkanes of at least 4 members (excludes halogenated alkanes) is 1. The van der Waals surface area contributed by atoms with E-state index in [9.17, 15) is 4.79 Å². The van der Waals surface area contributed by atoms with E-state index in [1.165, 1.54) is 22.3 Å². The molecular formula is C31H36Br2N4O2. The Morgan fingerprint density at radius 1 is 1.21 bits per heavy atom. The van der Waals surface area contributed by atoms with E-state index >= 15 is 0 Å². The maximum absolute atomic E-state index is 13.7. The van der Waals surface area contributed by atoms with Crippen LogP contribution in [-0.2, 0) is 24.2 Å². The van der Waals surface area contributed by atoms with Crippen LogP contribution in [0.3, 0.4) is 0 Å². The van der Waals surface area contributed by atoms with Crippen molar-refractivity contribution in [3.05, 3.63) is 97.7 Å². The van der Waals surface area contributed by atoms with Gasteiger partial charge in [0.25, 0.3) is 0 Å². The van der Waals surface area contributed by atoms with Gasteiger partial charge in [-0.1, -0.05) is 41.9 Å². The number of furan rings is 1. The highest BCUT2D eigenvalue weighted by Gasteiger charge is 2.39. The molecule has 39 heavy (non-hydrogen) atoms. The molecule has 6 nitrogen and oxygen atoms in total. The summed E-state index contributed by atoms with van der Waals surface area (Å²) in [7, 11) is 0. The summed E-state index contributed by atoms with van der Waals surface area (Å²) in [4.78, 5) is 23.4. The Morgan fingerprint density at radius 3 is 2.79 bits per heavy atom. The highest BCUT2D eigenvalue weighted by atomic mass is 79.9. The Bertz CT molecular complexity index is 1340. The number of allylic oxidation sites excluding steroid dienone is 1. The fourth-order valence-electron chi connectivity index (χ4n) is 5.91. The van der Waals surface area contributed by atoms with Crippen LogP contribution in [0, 0.1) is 6.92 Å². The molecule has 0 radical (unpaired) electrons. The van der Waals surface area contributed by atoms with Crippen molar-refractivity contribution >= 4 is 37.8 Å². The SMILES string of the molecule is C=C(CCCC)N1CCN(C2c3ncc(Br)cc3CCc3cc(C)cc(Br)c32)CC1C(=O)NCc1ccco1. The van der Waals surface area contributed by atoms with Gasteiger partial charge in [-0.15, -0.1) is 0 Å². The Balaban J connectivity index is 1.50. The molecule has 2 aromatic heterocycles. The number of fused-ring (bicyclic) bond motifs is 2. The van der Waals surface area contributed by atoms with Crippen LogP contribution in [0.15, 0.2) is 68.4 Å². The minimum absolute atomic E-state index is 0.00504. The topological polar surface area (TPSA) is 61.6 Å². The lowest BCUT2D eigenvalue weighted by molar-refractivity contribution is -0.128. The zero-order chi connectivity index (χ0) is 27.5. The minimum atomic E-state index is -0.354. The molecule has 3 aromatic rings. The molecule has 206 valence electrons. The lowest BCUT2D eigenvalue weighted by Gasteiger charge is -2.45. The van der Waals surface area contributed by atoms with Crippen molar-refractivity contribution in [2.75, 3.05) is 19.6 Å². The summed E-state index contributed by atoms with van der Waals surface area (Å²) in [5.74, 6) is 0.739. The molecule has 2 aliphatic rings. The highest BCUT2D eigenvalue weighted by Crippen LogP contribution is 2.42. The number of nitrogens with zero attached hydrogens (tertiary/aromatic N) is 3. The normalized spacial score (nSPS) is 19.2. The molecule has 1 amide bonds. The first-order valence-corrected chi connectivity index (χ1v) is 15.4. The average molecular weight is 656 g/mol. The van der Waals surface area contributed by atoms with Crippen LogP contribution in [0.25, 0.3) is 0 Å². The quantitative estimate of drug-likeness (QED) is 0.293. The average Bonchev–Trinajstić information content (AvgIpc) is 3.39. The van der Waals surface area contributed by atoms with E-state index in [0.717, 1.165) is 71.3 Å². The van der Waals surface area contributed by atoms with Crippen LogP contribution < -0.4 is 5.32 Å². The van der Waals surface area contributed by atoms with Gasteiger partial charge in [0.05, 0.1) is 24.5 Å². The molecule has 2 atom stereocenters. The van der Waals surface area contributed by atoms with Crippen LogP contribution in [0.5, 0.6) is 0 Å². The van der Waals surface area contributed by atoms with E-state index < -0.39 is 0 Å². The fourth-order valence-corrected chi connectivity index (χ4v) is 7.12. The molecule has 3 heterocycles. The molecule has 1 aromatic carbocycles. The third-order valence-electron chi connectivity index (χ3n) is 7.85. The number of carbonyl (C=O) groups is 1. The number of pyridine rings is 1. The Labute approximate surface area is 248 Å².